The van der Waals surface area contributed by atoms with Crippen molar-refractivity contribution < 1.29 is 14.3 Å². The average Bonchev–Trinajstić information content (AvgIpc) is 2.89. The van der Waals surface area contributed by atoms with Crippen LogP contribution >= 0.6 is 0 Å². The van der Waals surface area contributed by atoms with E-state index in [1.54, 1.807) is 7.11 Å². The molecule has 120 valence electrons. The van der Waals surface area contributed by atoms with Crippen molar-refractivity contribution in [1.29, 1.82) is 0 Å². The Kier molecular flexibility index (Phi) is 4.50. The second-order valence-corrected chi connectivity index (χ2v) is 6.59. The summed E-state index contributed by atoms with van der Waals surface area (Å²) in [5, 5.41) is 0. The first-order valence-electron chi connectivity index (χ1n) is 8.09. The Balaban J connectivity index is 1.53. The van der Waals surface area contributed by atoms with Crippen LogP contribution in [0.5, 0.6) is 0 Å². The molecule has 1 spiro atoms. The summed E-state index contributed by atoms with van der Waals surface area (Å²) in [5.74, 6) is 0.728. The Morgan fingerprint density at radius 1 is 1.36 bits per heavy atom. The van der Waals surface area contributed by atoms with Crippen molar-refractivity contribution in [3.05, 3.63) is 35.4 Å². The molecule has 1 aromatic rings. The van der Waals surface area contributed by atoms with E-state index in [1.807, 2.05) is 17.0 Å². The summed E-state index contributed by atoms with van der Waals surface area (Å²) in [4.78, 5) is 14.3. The van der Waals surface area contributed by atoms with Crippen LogP contribution in [-0.2, 0) is 20.7 Å². The number of nitrogens with zero attached hydrogens (tertiary/aromatic N) is 1. The highest BCUT2D eigenvalue weighted by molar-refractivity contribution is 5.80. The van der Waals surface area contributed by atoms with Crippen LogP contribution in [0.15, 0.2) is 24.3 Å². The maximum atomic E-state index is 12.4. The number of carbonyl (C=O) groups is 1. The van der Waals surface area contributed by atoms with Gasteiger partial charge in [-0.15, -0.1) is 0 Å². The largest absolute Gasteiger partial charge is 0.385 e. The van der Waals surface area contributed by atoms with Crippen LogP contribution in [-0.4, -0.2) is 49.8 Å². The molecule has 3 rings (SSSR count). The second kappa shape index (κ2) is 6.39. The fourth-order valence-electron chi connectivity index (χ4n) is 3.57. The molecule has 2 fully saturated rings. The Morgan fingerprint density at radius 3 is 2.77 bits per heavy atom. The Hall–Kier alpha value is -1.39. The molecule has 0 aromatic heterocycles. The number of amides is 1. The van der Waals surface area contributed by atoms with Crippen molar-refractivity contribution >= 4 is 5.91 Å². The molecule has 1 amide bonds. The number of likely N-dealkylation sites (tertiary alicyclic amines) is 1. The summed E-state index contributed by atoms with van der Waals surface area (Å²) >= 11 is 0. The van der Waals surface area contributed by atoms with Crippen molar-refractivity contribution in [2.24, 2.45) is 5.92 Å². The normalized spacial score (nSPS) is 22.8. The number of rotatable bonds is 5. The Labute approximate surface area is 132 Å². The first-order chi connectivity index (χ1) is 10.6. The van der Waals surface area contributed by atoms with Gasteiger partial charge in [0.05, 0.1) is 19.5 Å². The van der Waals surface area contributed by atoms with E-state index in [1.165, 1.54) is 5.56 Å². The van der Waals surface area contributed by atoms with Gasteiger partial charge in [0.1, 0.15) is 5.60 Å². The van der Waals surface area contributed by atoms with Crippen LogP contribution in [0, 0.1) is 12.8 Å². The van der Waals surface area contributed by atoms with Gasteiger partial charge in [0.2, 0.25) is 5.91 Å². The fraction of sp³-hybridized carbons (Fsp3) is 0.611. The molecule has 0 N–H and O–H groups in total. The van der Waals surface area contributed by atoms with Crippen molar-refractivity contribution in [1.82, 2.24) is 4.90 Å². The first-order valence-corrected chi connectivity index (χ1v) is 8.09. The molecule has 4 heteroatoms. The maximum Gasteiger partial charge on any atom is 0.227 e. The van der Waals surface area contributed by atoms with Crippen molar-refractivity contribution in [3.63, 3.8) is 0 Å². The van der Waals surface area contributed by atoms with Crippen LogP contribution in [0.2, 0.25) is 0 Å². The van der Waals surface area contributed by atoms with Gasteiger partial charge in [-0.25, -0.2) is 0 Å². The standard InChI is InChI=1S/C18H25NO3/c1-14-3-5-15(6-4-14)11-17(20)19-12-18(13-19)16(7-9-21-2)8-10-22-18/h3-6,16H,7-13H2,1-2H3. The van der Waals surface area contributed by atoms with Crippen LogP contribution < -0.4 is 0 Å². The predicted molar refractivity (Wildman–Crippen MR) is 84.7 cm³/mol. The van der Waals surface area contributed by atoms with Gasteiger partial charge in [-0.1, -0.05) is 29.8 Å². The van der Waals surface area contributed by atoms with Crippen LogP contribution in [0.3, 0.4) is 0 Å². The number of aryl methyl sites for hydroxylation is 1. The highest BCUT2D eigenvalue weighted by Crippen LogP contribution is 2.41. The van der Waals surface area contributed by atoms with Gasteiger partial charge in [-0.3, -0.25) is 4.79 Å². The summed E-state index contributed by atoms with van der Waals surface area (Å²) in [6.07, 6.45) is 2.60. The average molecular weight is 303 g/mol. The number of hydrogen-bond donors (Lipinski definition) is 0. The highest BCUT2D eigenvalue weighted by atomic mass is 16.5. The Bertz CT molecular complexity index is 520. The third-order valence-electron chi connectivity index (χ3n) is 5.02. The third-order valence-corrected chi connectivity index (χ3v) is 5.02. The molecule has 0 aliphatic carbocycles. The molecule has 1 unspecified atom stereocenters. The monoisotopic (exact) mass is 303 g/mol. The number of carbonyl (C=O) groups excluding carboxylic acids is 1. The predicted octanol–water partition coefficient (Wildman–Crippen LogP) is 2.19. The van der Waals surface area contributed by atoms with Gasteiger partial charge >= 0.3 is 0 Å². The van der Waals surface area contributed by atoms with Gasteiger partial charge < -0.3 is 14.4 Å². The van der Waals surface area contributed by atoms with Gasteiger partial charge in [-0.2, -0.15) is 0 Å². The van der Waals surface area contributed by atoms with E-state index < -0.39 is 0 Å². The summed E-state index contributed by atoms with van der Waals surface area (Å²) < 4.78 is 11.2. The van der Waals surface area contributed by atoms with E-state index in [4.69, 9.17) is 9.47 Å². The van der Waals surface area contributed by atoms with E-state index in [-0.39, 0.29) is 11.5 Å². The van der Waals surface area contributed by atoms with E-state index in [0.717, 1.165) is 44.7 Å². The molecule has 0 radical (unpaired) electrons. The van der Waals surface area contributed by atoms with Gasteiger partial charge in [0.25, 0.3) is 0 Å². The summed E-state index contributed by atoms with van der Waals surface area (Å²) in [7, 11) is 1.74. The topological polar surface area (TPSA) is 38.8 Å². The van der Waals surface area contributed by atoms with E-state index in [9.17, 15) is 4.79 Å². The Morgan fingerprint density at radius 2 is 2.09 bits per heavy atom. The summed E-state index contributed by atoms with van der Waals surface area (Å²) in [5.41, 5.74) is 2.21. The number of hydrogen-bond acceptors (Lipinski definition) is 3. The van der Waals surface area contributed by atoms with Crippen molar-refractivity contribution in [3.8, 4) is 0 Å². The third kappa shape index (κ3) is 3.03. The zero-order chi connectivity index (χ0) is 15.6. The van der Waals surface area contributed by atoms with E-state index >= 15 is 0 Å². The highest BCUT2D eigenvalue weighted by Gasteiger charge is 2.53. The quantitative estimate of drug-likeness (QED) is 0.837. The van der Waals surface area contributed by atoms with Crippen molar-refractivity contribution in [2.75, 3.05) is 33.4 Å². The minimum Gasteiger partial charge on any atom is -0.385 e. The van der Waals surface area contributed by atoms with Gasteiger partial charge in [-0.05, 0) is 31.2 Å². The first kappa shape index (κ1) is 15.5. The number of methoxy groups -OCH3 is 1. The minimum atomic E-state index is -0.0958. The molecule has 0 bridgehead atoms. The summed E-state index contributed by atoms with van der Waals surface area (Å²) in [6.45, 7) is 5.13. The molecule has 2 saturated heterocycles. The van der Waals surface area contributed by atoms with Crippen LogP contribution in [0.4, 0.5) is 0 Å². The molecular formula is C18H25NO3. The maximum absolute atomic E-state index is 12.4. The lowest BCUT2D eigenvalue weighted by atomic mass is 9.79. The lowest BCUT2D eigenvalue weighted by Crippen LogP contribution is -2.66. The molecule has 4 nitrogen and oxygen atoms in total. The van der Waals surface area contributed by atoms with E-state index in [0.29, 0.717) is 12.3 Å². The number of ether oxygens (including phenoxy) is 2. The molecule has 1 aromatic carbocycles. The minimum absolute atomic E-state index is 0.0958. The smallest absolute Gasteiger partial charge is 0.227 e. The molecule has 1 atom stereocenters. The van der Waals surface area contributed by atoms with Gasteiger partial charge in [0, 0.05) is 20.3 Å². The molecule has 2 aliphatic heterocycles. The SMILES string of the molecule is COCCC1CCOC12CN(C(=O)Cc1ccc(C)cc1)C2. The lowest BCUT2D eigenvalue weighted by Gasteiger charge is -2.50. The zero-order valence-corrected chi connectivity index (χ0v) is 13.5. The molecule has 22 heavy (non-hydrogen) atoms. The molecule has 0 saturated carbocycles. The van der Waals surface area contributed by atoms with Crippen molar-refractivity contribution in [2.45, 2.75) is 31.8 Å². The van der Waals surface area contributed by atoms with Crippen LogP contribution in [0.1, 0.15) is 24.0 Å². The van der Waals surface area contributed by atoms with E-state index in [2.05, 4.69) is 19.1 Å². The fourth-order valence-corrected chi connectivity index (χ4v) is 3.57. The van der Waals surface area contributed by atoms with Gasteiger partial charge in [0.15, 0.2) is 0 Å². The molecule has 2 aliphatic rings. The lowest BCUT2D eigenvalue weighted by molar-refractivity contribution is -0.165. The second-order valence-electron chi connectivity index (χ2n) is 6.59. The van der Waals surface area contributed by atoms with Crippen LogP contribution in [0.25, 0.3) is 0 Å². The molecular weight excluding hydrogens is 278 g/mol. The summed E-state index contributed by atoms with van der Waals surface area (Å²) in [6, 6.07) is 8.19. The zero-order valence-electron chi connectivity index (χ0n) is 13.5. The molecule has 2 heterocycles. The number of benzene rings is 1.